The van der Waals surface area contributed by atoms with Crippen LogP contribution in [0.4, 0.5) is 11.4 Å². The molecule has 1 aromatic rings. The molecule has 20 heavy (non-hydrogen) atoms. The summed E-state index contributed by atoms with van der Waals surface area (Å²) in [5, 5.41) is 8.78. The maximum absolute atomic E-state index is 11.7. The Kier molecular flexibility index (Phi) is 4.74. The van der Waals surface area contributed by atoms with Crippen LogP contribution in [0.2, 0.25) is 0 Å². The molecular weight excluding hydrogens is 254 g/mol. The number of amides is 2. The quantitative estimate of drug-likeness (QED) is 0.743. The van der Waals surface area contributed by atoms with Crippen molar-refractivity contribution in [2.45, 2.75) is 32.7 Å². The van der Waals surface area contributed by atoms with Crippen molar-refractivity contribution in [3.63, 3.8) is 0 Å². The normalized spacial score (nSPS) is 14.2. The minimum Gasteiger partial charge on any atom is -0.326 e. The van der Waals surface area contributed by atoms with Crippen molar-refractivity contribution < 1.29 is 9.59 Å². The lowest BCUT2D eigenvalue weighted by molar-refractivity contribution is -0.119. The number of carbonyl (C=O) groups excluding carboxylic acids is 2. The van der Waals surface area contributed by atoms with Crippen molar-refractivity contribution in [1.29, 1.82) is 0 Å². The molecule has 0 aliphatic heterocycles. The molecule has 2 amide bonds. The second-order valence-electron chi connectivity index (χ2n) is 5.42. The van der Waals surface area contributed by atoms with Gasteiger partial charge in [0.15, 0.2) is 0 Å². The largest absolute Gasteiger partial charge is 0.326 e. The molecule has 0 radical (unpaired) electrons. The lowest BCUT2D eigenvalue weighted by Gasteiger charge is -2.09. The summed E-state index contributed by atoms with van der Waals surface area (Å²) in [7, 11) is 0. The number of anilines is 2. The lowest BCUT2D eigenvalue weighted by Crippen LogP contribution is -2.29. The van der Waals surface area contributed by atoms with Crippen LogP contribution in [-0.2, 0) is 9.59 Å². The molecule has 2 rings (SSSR count). The molecule has 108 valence electrons. The van der Waals surface area contributed by atoms with Crippen molar-refractivity contribution in [1.82, 2.24) is 5.32 Å². The van der Waals surface area contributed by atoms with Crippen LogP contribution >= 0.6 is 0 Å². The first-order chi connectivity index (χ1) is 9.54. The molecule has 1 aliphatic carbocycles. The van der Waals surface area contributed by atoms with Crippen LogP contribution in [-0.4, -0.2) is 24.4 Å². The number of hydrogen-bond acceptors (Lipinski definition) is 3. The third-order valence-corrected chi connectivity index (χ3v) is 3.09. The van der Waals surface area contributed by atoms with Gasteiger partial charge in [0.2, 0.25) is 11.8 Å². The van der Waals surface area contributed by atoms with E-state index in [0.717, 1.165) is 24.2 Å². The second kappa shape index (κ2) is 6.52. The van der Waals surface area contributed by atoms with Gasteiger partial charge in [-0.2, -0.15) is 0 Å². The van der Waals surface area contributed by atoms with E-state index in [1.807, 2.05) is 13.8 Å². The van der Waals surface area contributed by atoms with E-state index in [9.17, 15) is 9.59 Å². The lowest BCUT2D eigenvalue weighted by atomic mass is 10.2. The van der Waals surface area contributed by atoms with E-state index in [1.165, 1.54) is 0 Å². The van der Waals surface area contributed by atoms with Gasteiger partial charge in [-0.25, -0.2) is 0 Å². The number of nitrogens with one attached hydrogen (secondary N) is 3. The molecule has 1 aliphatic rings. The summed E-state index contributed by atoms with van der Waals surface area (Å²) < 4.78 is 0. The first-order valence-corrected chi connectivity index (χ1v) is 6.99. The average molecular weight is 275 g/mol. The third kappa shape index (κ3) is 4.66. The monoisotopic (exact) mass is 275 g/mol. The first-order valence-electron chi connectivity index (χ1n) is 6.99. The van der Waals surface area contributed by atoms with Crippen LogP contribution in [0, 0.1) is 5.92 Å². The summed E-state index contributed by atoms with van der Waals surface area (Å²) in [6.45, 7) is 4.03. The molecular formula is C15H21N3O2. The highest BCUT2D eigenvalue weighted by molar-refractivity contribution is 5.94. The molecule has 0 spiro atoms. The van der Waals surface area contributed by atoms with Gasteiger partial charge >= 0.3 is 0 Å². The van der Waals surface area contributed by atoms with Gasteiger partial charge in [-0.15, -0.1) is 0 Å². The summed E-state index contributed by atoms with van der Waals surface area (Å²) in [4.78, 5) is 23.2. The highest BCUT2D eigenvalue weighted by Gasteiger charge is 2.21. The maximum atomic E-state index is 11.7. The van der Waals surface area contributed by atoms with Crippen LogP contribution in [0.5, 0.6) is 0 Å². The number of benzene rings is 1. The Morgan fingerprint density at radius 2 is 1.65 bits per heavy atom. The minimum absolute atomic E-state index is 0.0181. The SMILES string of the molecule is CC(C)C(=O)Nc1ccc(NC(=O)CNC2CC2)cc1. The van der Waals surface area contributed by atoms with Gasteiger partial charge in [0, 0.05) is 23.3 Å². The van der Waals surface area contributed by atoms with Crippen LogP contribution in [0.3, 0.4) is 0 Å². The summed E-state index contributed by atoms with van der Waals surface area (Å²) >= 11 is 0. The van der Waals surface area contributed by atoms with Gasteiger partial charge in [-0.1, -0.05) is 13.8 Å². The summed E-state index contributed by atoms with van der Waals surface area (Å²) in [5.74, 6) is -0.117. The molecule has 0 aromatic heterocycles. The van der Waals surface area contributed by atoms with Crippen molar-refractivity contribution in [2.75, 3.05) is 17.2 Å². The third-order valence-electron chi connectivity index (χ3n) is 3.09. The zero-order valence-electron chi connectivity index (χ0n) is 11.9. The molecule has 1 aromatic carbocycles. The van der Waals surface area contributed by atoms with E-state index >= 15 is 0 Å². The maximum Gasteiger partial charge on any atom is 0.238 e. The van der Waals surface area contributed by atoms with Crippen LogP contribution in [0.25, 0.3) is 0 Å². The molecule has 1 fully saturated rings. The van der Waals surface area contributed by atoms with Crippen molar-refractivity contribution >= 4 is 23.2 Å². The second-order valence-corrected chi connectivity index (χ2v) is 5.42. The van der Waals surface area contributed by atoms with E-state index in [1.54, 1.807) is 24.3 Å². The highest BCUT2D eigenvalue weighted by Crippen LogP contribution is 2.18. The molecule has 0 atom stereocenters. The molecule has 0 bridgehead atoms. The van der Waals surface area contributed by atoms with E-state index < -0.39 is 0 Å². The van der Waals surface area contributed by atoms with E-state index in [2.05, 4.69) is 16.0 Å². The van der Waals surface area contributed by atoms with E-state index in [4.69, 9.17) is 0 Å². The van der Waals surface area contributed by atoms with Gasteiger partial charge in [-0.3, -0.25) is 9.59 Å². The Morgan fingerprint density at radius 3 is 2.15 bits per heavy atom. The fourth-order valence-electron chi connectivity index (χ4n) is 1.65. The molecule has 5 nitrogen and oxygen atoms in total. The van der Waals surface area contributed by atoms with Crippen LogP contribution in [0.1, 0.15) is 26.7 Å². The minimum atomic E-state index is -0.0529. The molecule has 0 heterocycles. The van der Waals surface area contributed by atoms with Crippen LogP contribution in [0.15, 0.2) is 24.3 Å². The van der Waals surface area contributed by atoms with Gasteiger partial charge in [0.1, 0.15) is 0 Å². The van der Waals surface area contributed by atoms with Crippen LogP contribution < -0.4 is 16.0 Å². The average Bonchev–Trinajstić information content (AvgIpc) is 3.22. The first kappa shape index (κ1) is 14.5. The topological polar surface area (TPSA) is 70.2 Å². The summed E-state index contributed by atoms with van der Waals surface area (Å²) in [6, 6.07) is 7.65. The van der Waals surface area contributed by atoms with Gasteiger partial charge in [-0.05, 0) is 37.1 Å². The predicted octanol–water partition coefficient (Wildman–Crippen LogP) is 1.97. The van der Waals surface area contributed by atoms with Crippen molar-refractivity contribution in [2.24, 2.45) is 5.92 Å². The molecule has 5 heteroatoms. The number of rotatable bonds is 6. The van der Waals surface area contributed by atoms with E-state index in [-0.39, 0.29) is 17.7 Å². The van der Waals surface area contributed by atoms with E-state index in [0.29, 0.717) is 12.6 Å². The Bertz CT molecular complexity index is 478. The number of carbonyl (C=O) groups is 2. The molecule has 3 N–H and O–H groups in total. The zero-order valence-corrected chi connectivity index (χ0v) is 11.9. The highest BCUT2D eigenvalue weighted by atomic mass is 16.2. The Balaban J connectivity index is 1.80. The Labute approximate surface area is 119 Å². The molecule has 0 saturated heterocycles. The van der Waals surface area contributed by atoms with Gasteiger partial charge < -0.3 is 16.0 Å². The standard InChI is InChI=1S/C15H21N3O2/c1-10(2)15(20)18-13-7-5-12(6-8-13)17-14(19)9-16-11-3-4-11/h5-8,10-11,16H,3-4,9H2,1-2H3,(H,17,19)(H,18,20). The molecule has 1 saturated carbocycles. The van der Waals surface area contributed by atoms with Gasteiger partial charge in [0.05, 0.1) is 6.54 Å². The predicted molar refractivity (Wildman–Crippen MR) is 79.6 cm³/mol. The van der Waals surface area contributed by atoms with Crippen molar-refractivity contribution in [3.8, 4) is 0 Å². The summed E-state index contributed by atoms with van der Waals surface area (Å²) in [6.07, 6.45) is 2.33. The van der Waals surface area contributed by atoms with Crippen molar-refractivity contribution in [3.05, 3.63) is 24.3 Å². The Morgan fingerprint density at radius 1 is 1.10 bits per heavy atom. The van der Waals surface area contributed by atoms with Gasteiger partial charge in [0.25, 0.3) is 0 Å². The fourth-order valence-corrected chi connectivity index (χ4v) is 1.65. The fraction of sp³-hybridized carbons (Fsp3) is 0.467. The Hall–Kier alpha value is -1.88. The molecule has 0 unspecified atom stereocenters. The number of hydrogen-bond donors (Lipinski definition) is 3. The smallest absolute Gasteiger partial charge is 0.238 e. The summed E-state index contributed by atoms with van der Waals surface area (Å²) in [5.41, 5.74) is 1.47. The zero-order chi connectivity index (χ0) is 14.5.